The van der Waals surface area contributed by atoms with Crippen LogP contribution in [0.2, 0.25) is 0 Å². The fourth-order valence-electron chi connectivity index (χ4n) is 1.65. The maximum atomic E-state index is 5.88. The van der Waals surface area contributed by atoms with Gasteiger partial charge < -0.3 is 4.74 Å². The topological polar surface area (TPSA) is 9.23 Å². The first kappa shape index (κ1) is 9.53. The third-order valence-corrected chi connectivity index (χ3v) is 2.68. The zero-order chi connectivity index (χ0) is 8.32. The third-order valence-electron chi connectivity index (χ3n) is 2.22. The molecule has 1 heterocycles. The van der Waals surface area contributed by atoms with E-state index in [-0.39, 0.29) is 5.60 Å². The number of ether oxygens (including phenoxy) is 1. The Bertz CT molecular complexity index is 121. The van der Waals surface area contributed by atoms with E-state index in [1.807, 2.05) is 0 Å². The molecule has 1 fully saturated rings. The zero-order valence-corrected chi connectivity index (χ0v) is 8.99. The van der Waals surface area contributed by atoms with Crippen LogP contribution in [0.25, 0.3) is 0 Å². The molecule has 66 valence electrons. The van der Waals surface area contributed by atoms with Crippen molar-refractivity contribution in [3.63, 3.8) is 0 Å². The fraction of sp³-hybridized carbons (Fsp3) is 1.00. The van der Waals surface area contributed by atoms with Crippen molar-refractivity contribution in [1.29, 1.82) is 0 Å². The van der Waals surface area contributed by atoms with Gasteiger partial charge in [-0.3, -0.25) is 0 Å². The van der Waals surface area contributed by atoms with Crippen molar-refractivity contribution >= 4 is 15.9 Å². The van der Waals surface area contributed by atoms with Gasteiger partial charge in [0.05, 0.1) is 11.7 Å². The van der Waals surface area contributed by atoms with Crippen molar-refractivity contribution in [2.45, 2.75) is 51.2 Å². The second-order valence-corrected chi connectivity index (χ2v) is 4.66. The zero-order valence-electron chi connectivity index (χ0n) is 7.40. The van der Waals surface area contributed by atoms with Gasteiger partial charge in [-0.05, 0) is 39.5 Å². The number of hydrogen-bond acceptors (Lipinski definition) is 1. The number of alkyl halides is 1. The summed E-state index contributed by atoms with van der Waals surface area (Å²) in [4.78, 5) is 0. The molecule has 1 atom stereocenters. The van der Waals surface area contributed by atoms with E-state index in [2.05, 4.69) is 29.8 Å². The van der Waals surface area contributed by atoms with Crippen LogP contribution < -0.4 is 0 Å². The monoisotopic (exact) mass is 220 g/mol. The molecule has 0 aromatic heterocycles. The van der Waals surface area contributed by atoms with Gasteiger partial charge in [0, 0.05) is 5.33 Å². The summed E-state index contributed by atoms with van der Waals surface area (Å²) in [5.74, 6) is 0. The summed E-state index contributed by atoms with van der Waals surface area (Å²) in [5, 5.41) is 1.06. The highest BCUT2D eigenvalue weighted by atomic mass is 79.9. The van der Waals surface area contributed by atoms with Gasteiger partial charge in [-0.25, -0.2) is 0 Å². The maximum absolute atomic E-state index is 5.88. The molecule has 0 saturated carbocycles. The van der Waals surface area contributed by atoms with Crippen molar-refractivity contribution in [2.24, 2.45) is 0 Å². The SMILES string of the molecule is CC1(C)CCCC(CCBr)O1. The van der Waals surface area contributed by atoms with Gasteiger partial charge in [0.25, 0.3) is 0 Å². The molecule has 0 N–H and O–H groups in total. The number of rotatable bonds is 2. The largest absolute Gasteiger partial charge is 0.372 e. The maximum Gasteiger partial charge on any atom is 0.0630 e. The Kier molecular flexibility index (Phi) is 3.38. The fourth-order valence-corrected chi connectivity index (χ4v) is 2.16. The van der Waals surface area contributed by atoms with E-state index in [1.165, 1.54) is 19.3 Å². The lowest BCUT2D eigenvalue weighted by Crippen LogP contribution is -2.35. The normalized spacial score (nSPS) is 30.3. The first-order valence-corrected chi connectivity index (χ1v) is 5.50. The Balaban J connectivity index is 2.34. The van der Waals surface area contributed by atoms with Crippen LogP contribution >= 0.6 is 15.9 Å². The van der Waals surface area contributed by atoms with E-state index >= 15 is 0 Å². The Morgan fingerprint density at radius 3 is 2.82 bits per heavy atom. The predicted octanol–water partition coefficient (Wildman–Crippen LogP) is 3.12. The van der Waals surface area contributed by atoms with Gasteiger partial charge in [-0.1, -0.05) is 15.9 Å². The van der Waals surface area contributed by atoms with Gasteiger partial charge in [0.15, 0.2) is 0 Å². The van der Waals surface area contributed by atoms with Crippen LogP contribution in [0, 0.1) is 0 Å². The van der Waals surface area contributed by atoms with Gasteiger partial charge in [0.1, 0.15) is 0 Å². The molecular weight excluding hydrogens is 204 g/mol. The van der Waals surface area contributed by atoms with E-state index in [4.69, 9.17) is 4.74 Å². The quantitative estimate of drug-likeness (QED) is 0.651. The molecular formula is C9H17BrO. The van der Waals surface area contributed by atoms with E-state index in [0.717, 1.165) is 11.8 Å². The Morgan fingerprint density at radius 2 is 2.27 bits per heavy atom. The van der Waals surface area contributed by atoms with E-state index in [0.29, 0.717) is 6.10 Å². The van der Waals surface area contributed by atoms with Crippen molar-refractivity contribution in [3.8, 4) is 0 Å². The lowest BCUT2D eigenvalue weighted by atomic mass is 9.94. The number of halogens is 1. The standard InChI is InChI=1S/C9H17BrO/c1-9(2)6-3-4-8(11-9)5-7-10/h8H,3-7H2,1-2H3. The molecule has 1 aliphatic rings. The van der Waals surface area contributed by atoms with Gasteiger partial charge >= 0.3 is 0 Å². The second kappa shape index (κ2) is 3.90. The van der Waals surface area contributed by atoms with Crippen molar-refractivity contribution in [2.75, 3.05) is 5.33 Å². The Hall–Kier alpha value is 0.440. The first-order chi connectivity index (χ1) is 5.14. The van der Waals surface area contributed by atoms with Crippen molar-refractivity contribution in [3.05, 3.63) is 0 Å². The molecule has 1 aliphatic heterocycles. The summed E-state index contributed by atoms with van der Waals surface area (Å²) in [7, 11) is 0. The molecule has 2 heteroatoms. The summed E-state index contributed by atoms with van der Waals surface area (Å²) in [6.45, 7) is 4.38. The van der Waals surface area contributed by atoms with Crippen LogP contribution in [-0.4, -0.2) is 17.0 Å². The van der Waals surface area contributed by atoms with Gasteiger partial charge in [-0.2, -0.15) is 0 Å². The van der Waals surface area contributed by atoms with Crippen LogP contribution in [0.3, 0.4) is 0 Å². The van der Waals surface area contributed by atoms with E-state index in [1.54, 1.807) is 0 Å². The minimum Gasteiger partial charge on any atom is -0.372 e. The molecule has 0 bridgehead atoms. The number of hydrogen-bond donors (Lipinski definition) is 0. The van der Waals surface area contributed by atoms with E-state index < -0.39 is 0 Å². The molecule has 0 amide bonds. The third kappa shape index (κ3) is 3.12. The Labute approximate surface area is 77.6 Å². The van der Waals surface area contributed by atoms with Crippen LogP contribution in [0.5, 0.6) is 0 Å². The highest BCUT2D eigenvalue weighted by Gasteiger charge is 2.27. The van der Waals surface area contributed by atoms with Crippen molar-refractivity contribution in [1.82, 2.24) is 0 Å². The lowest BCUT2D eigenvalue weighted by molar-refractivity contribution is -0.106. The highest BCUT2D eigenvalue weighted by molar-refractivity contribution is 9.09. The summed E-state index contributed by atoms with van der Waals surface area (Å²) in [5.41, 5.74) is 0.130. The van der Waals surface area contributed by atoms with Crippen molar-refractivity contribution < 1.29 is 4.74 Å². The molecule has 1 saturated heterocycles. The average Bonchev–Trinajstić information content (AvgIpc) is 1.85. The summed E-state index contributed by atoms with van der Waals surface area (Å²) in [6.07, 6.45) is 5.44. The smallest absolute Gasteiger partial charge is 0.0630 e. The summed E-state index contributed by atoms with van der Waals surface area (Å²) in [6, 6.07) is 0. The molecule has 0 aromatic carbocycles. The first-order valence-electron chi connectivity index (χ1n) is 4.38. The predicted molar refractivity (Wildman–Crippen MR) is 51.2 cm³/mol. The second-order valence-electron chi connectivity index (χ2n) is 3.87. The average molecular weight is 221 g/mol. The highest BCUT2D eigenvalue weighted by Crippen LogP contribution is 2.29. The Morgan fingerprint density at radius 1 is 1.55 bits per heavy atom. The molecule has 0 aromatic rings. The van der Waals surface area contributed by atoms with Gasteiger partial charge in [0.2, 0.25) is 0 Å². The molecule has 0 spiro atoms. The molecule has 0 radical (unpaired) electrons. The summed E-state index contributed by atoms with van der Waals surface area (Å²) < 4.78 is 5.88. The minimum atomic E-state index is 0.130. The minimum absolute atomic E-state index is 0.130. The molecule has 11 heavy (non-hydrogen) atoms. The molecule has 1 nitrogen and oxygen atoms in total. The lowest BCUT2D eigenvalue weighted by Gasteiger charge is -2.35. The van der Waals surface area contributed by atoms with Gasteiger partial charge in [-0.15, -0.1) is 0 Å². The van der Waals surface area contributed by atoms with Crippen LogP contribution in [-0.2, 0) is 4.74 Å². The molecule has 1 rings (SSSR count). The molecule has 1 unspecified atom stereocenters. The van der Waals surface area contributed by atoms with Crippen LogP contribution in [0.1, 0.15) is 39.5 Å². The summed E-state index contributed by atoms with van der Waals surface area (Å²) >= 11 is 3.44. The van der Waals surface area contributed by atoms with Crippen LogP contribution in [0.15, 0.2) is 0 Å². The molecule has 0 aliphatic carbocycles. The van der Waals surface area contributed by atoms with E-state index in [9.17, 15) is 0 Å². The van der Waals surface area contributed by atoms with Crippen LogP contribution in [0.4, 0.5) is 0 Å².